The summed E-state index contributed by atoms with van der Waals surface area (Å²) in [7, 11) is 0. The number of hydrogen-bond acceptors (Lipinski definition) is 4. The quantitative estimate of drug-likeness (QED) is 0.685. The van der Waals surface area contributed by atoms with E-state index >= 15 is 0 Å². The molecule has 1 aliphatic heterocycles. The maximum atomic E-state index is 12.9. The Labute approximate surface area is 163 Å². The Bertz CT molecular complexity index is 902. The molecule has 27 heavy (non-hydrogen) atoms. The zero-order valence-electron chi connectivity index (χ0n) is 15.4. The zero-order chi connectivity index (χ0) is 18.2. The first kappa shape index (κ1) is 16.8. The minimum atomic E-state index is 0.171. The Morgan fingerprint density at radius 2 is 1.89 bits per heavy atom. The molecule has 0 unspecified atom stereocenters. The molecule has 4 heterocycles. The van der Waals surface area contributed by atoms with E-state index in [2.05, 4.69) is 32.9 Å². The summed E-state index contributed by atoms with van der Waals surface area (Å²) < 4.78 is 3.60. The van der Waals surface area contributed by atoms with Gasteiger partial charge < -0.3 is 14.4 Å². The molecule has 1 saturated heterocycles. The molecule has 2 fully saturated rings. The van der Waals surface area contributed by atoms with E-state index in [1.165, 1.54) is 35.8 Å². The highest BCUT2D eigenvalue weighted by Gasteiger charge is 2.25. The molecule has 0 atom stereocenters. The van der Waals surface area contributed by atoms with E-state index in [0.717, 1.165) is 36.9 Å². The van der Waals surface area contributed by atoms with Crippen LogP contribution in [0.25, 0.3) is 10.1 Å². The highest BCUT2D eigenvalue weighted by molar-refractivity contribution is 7.20. The molecule has 3 aromatic rings. The van der Waals surface area contributed by atoms with Crippen LogP contribution in [0.1, 0.15) is 41.4 Å². The number of fused-ring (bicyclic) bond motifs is 1. The van der Waals surface area contributed by atoms with Crippen LogP contribution in [0, 0.1) is 0 Å². The molecule has 0 radical (unpaired) electrons. The molecule has 1 saturated carbocycles. The number of rotatable bonds is 3. The Kier molecular flexibility index (Phi) is 4.36. The van der Waals surface area contributed by atoms with Gasteiger partial charge in [0.25, 0.3) is 5.91 Å². The first-order valence-corrected chi connectivity index (χ1v) is 10.7. The molecule has 3 aromatic heterocycles. The number of nitrogens with zero attached hydrogens (tertiary/aromatic N) is 4. The lowest BCUT2D eigenvalue weighted by Crippen LogP contribution is -2.48. The van der Waals surface area contributed by atoms with Crippen molar-refractivity contribution < 1.29 is 4.79 Å². The van der Waals surface area contributed by atoms with Crippen molar-refractivity contribution >= 4 is 33.1 Å². The zero-order valence-corrected chi connectivity index (χ0v) is 16.2. The van der Waals surface area contributed by atoms with E-state index in [4.69, 9.17) is 0 Å². The van der Waals surface area contributed by atoms with Gasteiger partial charge in [-0.1, -0.05) is 18.9 Å². The SMILES string of the molecule is O=C(c1cc2cn(C3CCCC3)cc2s1)N1CCN(c2ccccn2)CC1. The van der Waals surface area contributed by atoms with Gasteiger partial charge in [0.05, 0.1) is 9.58 Å². The predicted molar refractivity (Wildman–Crippen MR) is 110 cm³/mol. The largest absolute Gasteiger partial charge is 0.353 e. The van der Waals surface area contributed by atoms with Gasteiger partial charge in [-0.15, -0.1) is 11.3 Å². The normalized spacial score (nSPS) is 18.5. The fourth-order valence-electron chi connectivity index (χ4n) is 4.31. The van der Waals surface area contributed by atoms with Crippen LogP contribution in [0.3, 0.4) is 0 Å². The third kappa shape index (κ3) is 3.23. The van der Waals surface area contributed by atoms with E-state index in [0.29, 0.717) is 6.04 Å². The summed E-state index contributed by atoms with van der Waals surface area (Å²) in [4.78, 5) is 22.5. The van der Waals surface area contributed by atoms with Crippen molar-refractivity contribution in [2.75, 3.05) is 31.1 Å². The van der Waals surface area contributed by atoms with E-state index in [1.54, 1.807) is 11.3 Å². The Hall–Kier alpha value is -2.34. The smallest absolute Gasteiger partial charge is 0.264 e. The van der Waals surface area contributed by atoms with Crippen molar-refractivity contribution in [3.05, 3.63) is 47.7 Å². The molecule has 5 rings (SSSR count). The number of aromatic nitrogens is 2. The van der Waals surface area contributed by atoms with Gasteiger partial charge in [-0.3, -0.25) is 4.79 Å². The monoisotopic (exact) mass is 380 g/mol. The minimum absolute atomic E-state index is 0.171. The van der Waals surface area contributed by atoms with Crippen molar-refractivity contribution in [1.29, 1.82) is 0 Å². The second-order valence-corrected chi connectivity index (χ2v) is 8.62. The highest BCUT2D eigenvalue weighted by atomic mass is 32.1. The van der Waals surface area contributed by atoms with Crippen molar-refractivity contribution in [1.82, 2.24) is 14.5 Å². The van der Waals surface area contributed by atoms with Crippen LogP contribution in [0.15, 0.2) is 42.9 Å². The third-order valence-corrected chi connectivity index (χ3v) is 6.92. The number of amides is 1. The number of carbonyl (C=O) groups excluding carboxylic acids is 1. The highest BCUT2D eigenvalue weighted by Crippen LogP contribution is 2.34. The maximum absolute atomic E-state index is 12.9. The second kappa shape index (κ2) is 7.00. The number of anilines is 1. The predicted octanol–water partition coefficient (Wildman–Crippen LogP) is 4.18. The molecule has 2 aliphatic rings. The average molecular weight is 381 g/mol. The van der Waals surface area contributed by atoms with Crippen molar-refractivity contribution in [2.45, 2.75) is 31.7 Å². The fraction of sp³-hybridized carbons (Fsp3) is 0.429. The molecular formula is C21H24N4OS. The van der Waals surface area contributed by atoms with Gasteiger partial charge in [-0.05, 0) is 31.0 Å². The summed E-state index contributed by atoms with van der Waals surface area (Å²) in [6.07, 6.45) is 11.5. The summed E-state index contributed by atoms with van der Waals surface area (Å²) in [6.45, 7) is 3.17. The molecule has 0 aromatic carbocycles. The summed E-state index contributed by atoms with van der Waals surface area (Å²) >= 11 is 1.64. The number of thiophene rings is 1. The number of hydrogen-bond donors (Lipinski definition) is 0. The van der Waals surface area contributed by atoms with Crippen LogP contribution in [0.5, 0.6) is 0 Å². The first-order chi connectivity index (χ1) is 13.3. The minimum Gasteiger partial charge on any atom is -0.353 e. The molecule has 0 spiro atoms. The van der Waals surface area contributed by atoms with Crippen molar-refractivity contribution in [3.8, 4) is 0 Å². The standard InChI is InChI=1S/C21H24N4OS/c26-21(24-11-9-23(10-12-24)20-7-3-4-8-22-20)18-13-16-14-25(15-19(16)27-18)17-5-1-2-6-17/h3-4,7-8,13-15,17H,1-2,5-6,9-12H2. The third-order valence-electron chi connectivity index (χ3n) is 5.84. The summed E-state index contributed by atoms with van der Waals surface area (Å²) in [5.41, 5.74) is 0. The maximum Gasteiger partial charge on any atom is 0.264 e. The Morgan fingerprint density at radius 3 is 2.59 bits per heavy atom. The molecule has 6 heteroatoms. The van der Waals surface area contributed by atoms with Crippen LogP contribution in [0.4, 0.5) is 5.82 Å². The van der Waals surface area contributed by atoms with E-state index < -0.39 is 0 Å². The number of pyridine rings is 1. The molecule has 140 valence electrons. The van der Waals surface area contributed by atoms with Gasteiger partial charge in [-0.2, -0.15) is 0 Å². The van der Waals surface area contributed by atoms with Gasteiger partial charge in [0, 0.05) is 56.2 Å². The van der Waals surface area contributed by atoms with Gasteiger partial charge in [0.2, 0.25) is 0 Å². The lowest BCUT2D eigenvalue weighted by atomic mass is 10.2. The average Bonchev–Trinajstić information content (AvgIpc) is 3.44. The summed E-state index contributed by atoms with van der Waals surface area (Å²) in [5.74, 6) is 1.17. The van der Waals surface area contributed by atoms with E-state index in [-0.39, 0.29) is 5.91 Å². The second-order valence-electron chi connectivity index (χ2n) is 7.54. The van der Waals surface area contributed by atoms with Gasteiger partial charge >= 0.3 is 0 Å². The van der Waals surface area contributed by atoms with Gasteiger partial charge in [-0.25, -0.2) is 4.98 Å². The van der Waals surface area contributed by atoms with Crippen LogP contribution in [0.2, 0.25) is 0 Å². The van der Waals surface area contributed by atoms with Crippen LogP contribution in [-0.4, -0.2) is 46.5 Å². The number of carbonyl (C=O) groups is 1. The summed E-state index contributed by atoms with van der Waals surface area (Å²) in [5, 5.41) is 1.21. The molecule has 1 aliphatic carbocycles. The molecule has 5 nitrogen and oxygen atoms in total. The molecule has 1 amide bonds. The lowest BCUT2D eigenvalue weighted by molar-refractivity contribution is 0.0751. The molecule has 0 bridgehead atoms. The van der Waals surface area contributed by atoms with Crippen LogP contribution >= 0.6 is 11.3 Å². The fourth-order valence-corrected chi connectivity index (χ4v) is 5.35. The molecular weight excluding hydrogens is 356 g/mol. The Morgan fingerprint density at radius 1 is 1.07 bits per heavy atom. The van der Waals surface area contributed by atoms with Crippen LogP contribution < -0.4 is 4.90 Å². The molecule has 0 N–H and O–H groups in total. The Balaban J connectivity index is 1.26. The first-order valence-electron chi connectivity index (χ1n) is 9.84. The lowest BCUT2D eigenvalue weighted by Gasteiger charge is -2.35. The van der Waals surface area contributed by atoms with E-state index in [1.807, 2.05) is 29.3 Å². The van der Waals surface area contributed by atoms with Crippen molar-refractivity contribution in [2.24, 2.45) is 0 Å². The van der Waals surface area contributed by atoms with Gasteiger partial charge in [0.1, 0.15) is 5.82 Å². The van der Waals surface area contributed by atoms with Crippen LogP contribution in [-0.2, 0) is 0 Å². The van der Waals surface area contributed by atoms with Crippen molar-refractivity contribution in [3.63, 3.8) is 0 Å². The van der Waals surface area contributed by atoms with E-state index in [9.17, 15) is 4.79 Å². The topological polar surface area (TPSA) is 41.4 Å². The van der Waals surface area contributed by atoms with Gasteiger partial charge in [0.15, 0.2) is 0 Å². The number of piperazine rings is 1. The summed E-state index contributed by atoms with van der Waals surface area (Å²) in [6, 6.07) is 8.71.